The SMILES string of the molecule is C=C(C)c1ccc2ccccc2[n+]1Cc1ccccc1.Fc1c(F)c(F)c([B-](c2c(F)c(F)c(F)c(F)c2F)(c2c(F)c(F)c(F)c(F)c2F)c2c(F)c(F)c(F)c(F)c2F)c(F)c1F. The second kappa shape index (κ2) is 17.6. The standard InChI is InChI=1S/C24BF20.C19H18N/c26-5-1(6(27)14(35)21(42)13(5)34)25(2-7(28)15(36)22(43)16(37)8(2)29,3-9(30)17(38)23(44)18(39)10(3)31)4-11(32)19(40)24(45)20(41)12(4)33;1-15(2)18-13-12-17-10-6-7-11-19(17)20(18)14-16-8-4-3-5-9-16/h;3-13H,1,14H2,2H3/q-1;+1. The number of nitrogens with zero attached hydrogens (tertiary/aromatic N) is 1. The predicted octanol–water partition coefficient (Wildman–Crippen LogP) is 10.1. The largest absolute Gasteiger partial charge is 0.213 e. The highest BCUT2D eigenvalue weighted by Gasteiger charge is 2.52. The van der Waals surface area contributed by atoms with Crippen molar-refractivity contribution in [2.24, 2.45) is 0 Å². The summed E-state index contributed by atoms with van der Waals surface area (Å²) in [5, 5.41) is 1.26. The van der Waals surface area contributed by atoms with Crippen LogP contribution in [0.25, 0.3) is 16.5 Å². The van der Waals surface area contributed by atoms with Gasteiger partial charge in [0.15, 0.2) is 76.4 Å². The van der Waals surface area contributed by atoms with Crippen LogP contribution in [0.5, 0.6) is 0 Å². The number of pyridine rings is 1. The molecule has 7 aromatic rings. The third kappa shape index (κ3) is 7.41. The van der Waals surface area contributed by atoms with Crippen molar-refractivity contribution in [2.75, 3.05) is 0 Å². The Morgan fingerprint density at radius 2 is 0.646 bits per heavy atom. The molecule has 1 heterocycles. The van der Waals surface area contributed by atoms with Crippen LogP contribution in [0, 0.1) is 116 Å². The van der Waals surface area contributed by atoms with Crippen LogP contribution in [0.15, 0.2) is 73.3 Å². The minimum absolute atomic E-state index is 0.865. The highest BCUT2D eigenvalue weighted by molar-refractivity contribution is 7.20. The fraction of sp³-hybridized carbons (Fsp3) is 0.0465. The molecule has 0 unspecified atom stereocenters. The molecule has 0 aliphatic rings. The molecule has 0 saturated heterocycles. The molecule has 0 aliphatic heterocycles. The van der Waals surface area contributed by atoms with Gasteiger partial charge in [-0.05, 0) is 19.1 Å². The number of benzene rings is 6. The average molecular weight is 939 g/mol. The maximum absolute atomic E-state index is 15.4. The lowest BCUT2D eigenvalue weighted by atomic mass is 9.12. The van der Waals surface area contributed by atoms with Gasteiger partial charge in [-0.3, -0.25) is 0 Å². The molecule has 0 spiro atoms. The number of hydrogen-bond donors (Lipinski definition) is 0. The summed E-state index contributed by atoms with van der Waals surface area (Å²) < 4.78 is 296. The molecular weight excluding hydrogens is 921 g/mol. The average Bonchev–Trinajstić information content (AvgIpc) is 3.29. The molecule has 65 heavy (non-hydrogen) atoms. The third-order valence-corrected chi connectivity index (χ3v) is 10.3. The predicted molar refractivity (Wildman–Crippen MR) is 194 cm³/mol. The number of halogens is 20. The smallest absolute Gasteiger partial charge is 0.207 e. The van der Waals surface area contributed by atoms with E-state index in [-0.39, 0.29) is 0 Å². The van der Waals surface area contributed by atoms with Crippen molar-refractivity contribution in [1.82, 2.24) is 0 Å². The van der Waals surface area contributed by atoms with Crippen LogP contribution in [-0.4, -0.2) is 6.15 Å². The molecule has 0 atom stereocenters. The molecule has 0 saturated carbocycles. The van der Waals surface area contributed by atoms with Crippen molar-refractivity contribution in [3.63, 3.8) is 0 Å². The lowest BCUT2D eigenvalue weighted by Gasteiger charge is -2.44. The van der Waals surface area contributed by atoms with Crippen LogP contribution in [0.3, 0.4) is 0 Å². The monoisotopic (exact) mass is 939 g/mol. The van der Waals surface area contributed by atoms with Crippen LogP contribution in [0.2, 0.25) is 0 Å². The van der Waals surface area contributed by atoms with Crippen LogP contribution >= 0.6 is 0 Å². The van der Waals surface area contributed by atoms with Gasteiger partial charge in [-0.15, -0.1) is 21.9 Å². The molecule has 0 fully saturated rings. The molecule has 0 N–H and O–H groups in total. The summed E-state index contributed by atoms with van der Waals surface area (Å²) in [6.45, 7) is 7.04. The van der Waals surface area contributed by atoms with Gasteiger partial charge in [-0.1, -0.05) is 49.0 Å². The van der Waals surface area contributed by atoms with E-state index in [9.17, 15) is 52.7 Å². The second-order valence-corrected chi connectivity index (χ2v) is 13.9. The first-order valence-electron chi connectivity index (χ1n) is 17.8. The van der Waals surface area contributed by atoms with Gasteiger partial charge in [0, 0.05) is 28.7 Å². The fourth-order valence-corrected chi connectivity index (χ4v) is 7.45. The minimum atomic E-state index is -7.22. The summed E-state index contributed by atoms with van der Waals surface area (Å²) in [5.74, 6) is -71.4. The Balaban J connectivity index is 0.000000289. The van der Waals surface area contributed by atoms with Crippen LogP contribution in [-0.2, 0) is 6.54 Å². The molecule has 1 aromatic heterocycles. The maximum Gasteiger partial charge on any atom is 0.213 e. The second-order valence-electron chi connectivity index (χ2n) is 13.9. The summed E-state index contributed by atoms with van der Waals surface area (Å²) in [6.07, 6.45) is -7.22. The van der Waals surface area contributed by atoms with Crippen molar-refractivity contribution in [1.29, 1.82) is 0 Å². The van der Waals surface area contributed by atoms with E-state index in [1.54, 1.807) is 0 Å². The molecule has 0 bridgehead atoms. The van der Waals surface area contributed by atoms with E-state index in [4.69, 9.17) is 0 Å². The van der Waals surface area contributed by atoms with E-state index < -0.39 is 144 Å². The van der Waals surface area contributed by atoms with Gasteiger partial charge in [-0.25, -0.2) is 87.8 Å². The first kappa shape index (κ1) is 47.6. The van der Waals surface area contributed by atoms with Crippen LogP contribution < -0.4 is 26.4 Å². The zero-order valence-corrected chi connectivity index (χ0v) is 31.8. The molecule has 22 heteroatoms. The summed E-state index contributed by atoms with van der Waals surface area (Å²) in [7, 11) is 0. The van der Waals surface area contributed by atoms with Crippen molar-refractivity contribution in [3.05, 3.63) is 201 Å². The summed E-state index contributed by atoms with van der Waals surface area (Å²) >= 11 is 0. The Morgan fingerprint density at radius 3 is 0.954 bits per heavy atom. The molecule has 6 aromatic carbocycles. The molecule has 338 valence electrons. The van der Waals surface area contributed by atoms with Crippen LogP contribution in [0.1, 0.15) is 18.2 Å². The Hall–Kier alpha value is -6.87. The van der Waals surface area contributed by atoms with E-state index in [0.29, 0.717) is 0 Å². The zero-order valence-electron chi connectivity index (χ0n) is 31.8. The summed E-state index contributed by atoms with van der Waals surface area (Å²) in [4.78, 5) is 0. The van der Waals surface area contributed by atoms with Gasteiger partial charge in [0.05, 0.1) is 0 Å². The maximum atomic E-state index is 15.4. The van der Waals surface area contributed by atoms with Gasteiger partial charge >= 0.3 is 0 Å². The van der Waals surface area contributed by atoms with Crippen molar-refractivity contribution in [2.45, 2.75) is 13.5 Å². The Kier molecular flexibility index (Phi) is 12.9. The fourth-order valence-electron chi connectivity index (χ4n) is 7.45. The first-order chi connectivity index (χ1) is 30.5. The lowest BCUT2D eigenvalue weighted by Crippen LogP contribution is -2.81. The minimum Gasteiger partial charge on any atom is -0.207 e. The molecule has 0 aliphatic carbocycles. The van der Waals surface area contributed by atoms with Crippen LogP contribution in [0.4, 0.5) is 87.8 Å². The van der Waals surface area contributed by atoms with Gasteiger partial charge in [0.1, 0.15) is 52.7 Å². The van der Waals surface area contributed by atoms with E-state index in [1.165, 1.54) is 22.2 Å². The number of aromatic nitrogens is 1. The summed E-state index contributed by atoms with van der Waals surface area (Å²) in [6, 6.07) is 23.4. The molecule has 7 rings (SSSR count). The van der Waals surface area contributed by atoms with Crippen molar-refractivity contribution >= 4 is 44.5 Å². The van der Waals surface area contributed by atoms with E-state index in [0.717, 1.165) is 12.1 Å². The quantitative estimate of drug-likeness (QED) is 0.0493. The molecular formula is C43H18BF20N. The number of allylic oxidation sites excluding steroid dienone is 1. The van der Waals surface area contributed by atoms with E-state index >= 15 is 35.1 Å². The zero-order chi connectivity index (χ0) is 48.3. The van der Waals surface area contributed by atoms with Crippen molar-refractivity contribution < 1.29 is 92.4 Å². The number of fused-ring (bicyclic) bond motifs is 1. The summed E-state index contributed by atoms with van der Waals surface area (Å²) in [5.41, 5.74) is -9.50. The van der Waals surface area contributed by atoms with Gasteiger partial charge < -0.3 is 0 Å². The molecule has 0 amide bonds. The lowest BCUT2D eigenvalue weighted by molar-refractivity contribution is -0.664. The highest BCUT2D eigenvalue weighted by atomic mass is 19.2. The normalized spacial score (nSPS) is 11.6. The van der Waals surface area contributed by atoms with Gasteiger partial charge in [-0.2, -0.15) is 4.57 Å². The van der Waals surface area contributed by atoms with Gasteiger partial charge in [0.25, 0.3) is 0 Å². The van der Waals surface area contributed by atoms with E-state index in [2.05, 4.69) is 84.8 Å². The molecule has 0 radical (unpaired) electrons. The number of para-hydroxylation sites is 1. The Bertz CT molecular complexity index is 2720. The number of hydrogen-bond acceptors (Lipinski definition) is 0. The van der Waals surface area contributed by atoms with Gasteiger partial charge in [0.2, 0.25) is 11.2 Å². The highest BCUT2D eigenvalue weighted by Crippen LogP contribution is 2.31. The molecule has 1 nitrogen and oxygen atoms in total. The van der Waals surface area contributed by atoms with E-state index in [1.807, 2.05) is 0 Å². The Morgan fingerprint density at radius 1 is 0.369 bits per heavy atom. The first-order valence-corrected chi connectivity index (χ1v) is 17.8. The third-order valence-electron chi connectivity index (χ3n) is 10.3. The number of rotatable bonds is 7. The Labute approximate surface area is 351 Å². The topological polar surface area (TPSA) is 3.88 Å². The van der Waals surface area contributed by atoms with Crippen molar-refractivity contribution in [3.8, 4) is 0 Å².